The van der Waals surface area contributed by atoms with Crippen LogP contribution in [-0.2, 0) is 11.3 Å². The molecule has 1 fully saturated rings. The van der Waals surface area contributed by atoms with Crippen molar-refractivity contribution in [1.82, 2.24) is 15.1 Å². The van der Waals surface area contributed by atoms with Gasteiger partial charge in [0.25, 0.3) is 0 Å². The van der Waals surface area contributed by atoms with E-state index in [2.05, 4.69) is 29.3 Å². The number of halogens is 1. The van der Waals surface area contributed by atoms with Crippen molar-refractivity contribution in [3.63, 3.8) is 0 Å². The summed E-state index contributed by atoms with van der Waals surface area (Å²) in [4.78, 5) is 16.5. The predicted octanol–water partition coefficient (Wildman–Crippen LogP) is 1.92. The fraction of sp³-hybridized carbons (Fsp3) is 0.588. The smallest absolute Gasteiger partial charge is 0.236 e. The highest BCUT2D eigenvalue weighted by molar-refractivity contribution is 5.85. The third kappa shape index (κ3) is 5.27. The standard InChI is InChI=1S/C17H27N3O.ClH/c1-14-6-4-5-7-16(14)12-19(3)17(21)13-20-9-8-15(11-20)10-18-2;/h4-7,15,18H,8-13H2,1-3H3;1H. The molecule has 1 amide bonds. The van der Waals surface area contributed by atoms with Gasteiger partial charge in [0.2, 0.25) is 5.91 Å². The summed E-state index contributed by atoms with van der Waals surface area (Å²) in [6.07, 6.45) is 1.19. The molecular formula is C17H28ClN3O. The molecule has 124 valence electrons. The minimum atomic E-state index is 0. The summed E-state index contributed by atoms with van der Waals surface area (Å²) in [5.41, 5.74) is 2.47. The lowest BCUT2D eigenvalue weighted by atomic mass is 10.1. The van der Waals surface area contributed by atoms with Crippen molar-refractivity contribution in [2.24, 2.45) is 5.92 Å². The molecule has 1 N–H and O–H groups in total. The number of rotatable bonds is 6. The molecule has 2 rings (SSSR count). The van der Waals surface area contributed by atoms with Crippen molar-refractivity contribution >= 4 is 18.3 Å². The number of nitrogens with one attached hydrogen (secondary N) is 1. The van der Waals surface area contributed by atoms with Crippen molar-refractivity contribution in [2.45, 2.75) is 19.9 Å². The van der Waals surface area contributed by atoms with E-state index in [4.69, 9.17) is 0 Å². The van der Waals surface area contributed by atoms with Gasteiger partial charge in [0, 0.05) is 20.1 Å². The fourth-order valence-corrected chi connectivity index (χ4v) is 2.95. The van der Waals surface area contributed by atoms with Crippen molar-refractivity contribution in [1.29, 1.82) is 0 Å². The van der Waals surface area contributed by atoms with Gasteiger partial charge in [-0.05, 0) is 50.5 Å². The minimum absolute atomic E-state index is 0. The monoisotopic (exact) mass is 325 g/mol. The number of likely N-dealkylation sites (tertiary alicyclic amines) is 1. The van der Waals surface area contributed by atoms with Gasteiger partial charge in [-0.3, -0.25) is 9.69 Å². The summed E-state index contributed by atoms with van der Waals surface area (Å²) in [5, 5.41) is 3.22. The van der Waals surface area contributed by atoms with Crippen LogP contribution in [0, 0.1) is 12.8 Å². The maximum absolute atomic E-state index is 12.3. The van der Waals surface area contributed by atoms with Crippen LogP contribution in [0.1, 0.15) is 17.5 Å². The number of carbonyl (C=O) groups is 1. The number of benzene rings is 1. The zero-order valence-corrected chi connectivity index (χ0v) is 14.7. The third-order valence-corrected chi connectivity index (χ3v) is 4.32. The molecule has 4 nitrogen and oxygen atoms in total. The maximum Gasteiger partial charge on any atom is 0.236 e. The highest BCUT2D eigenvalue weighted by atomic mass is 35.5. The molecule has 0 saturated carbocycles. The molecule has 1 unspecified atom stereocenters. The molecule has 0 spiro atoms. The number of likely N-dealkylation sites (N-methyl/N-ethyl adjacent to an activating group) is 1. The third-order valence-electron chi connectivity index (χ3n) is 4.32. The first-order valence-electron chi connectivity index (χ1n) is 7.75. The lowest BCUT2D eigenvalue weighted by Gasteiger charge is -2.22. The maximum atomic E-state index is 12.3. The molecule has 5 heteroatoms. The van der Waals surface area contributed by atoms with Crippen molar-refractivity contribution < 1.29 is 4.79 Å². The van der Waals surface area contributed by atoms with Gasteiger partial charge < -0.3 is 10.2 Å². The van der Waals surface area contributed by atoms with Gasteiger partial charge in [0.05, 0.1) is 6.54 Å². The van der Waals surface area contributed by atoms with E-state index in [9.17, 15) is 4.79 Å². The molecular weight excluding hydrogens is 298 g/mol. The quantitative estimate of drug-likeness (QED) is 0.868. The Hall–Kier alpha value is -1.10. The van der Waals surface area contributed by atoms with Crippen LogP contribution < -0.4 is 5.32 Å². The summed E-state index contributed by atoms with van der Waals surface area (Å²) in [6.45, 7) is 6.45. The van der Waals surface area contributed by atoms with E-state index in [1.54, 1.807) is 0 Å². The minimum Gasteiger partial charge on any atom is -0.340 e. The normalized spacial score (nSPS) is 18.0. The van der Waals surface area contributed by atoms with Crippen LogP contribution in [-0.4, -0.2) is 56.0 Å². The van der Waals surface area contributed by atoms with Crippen LogP contribution in [0.5, 0.6) is 0 Å². The Balaban J connectivity index is 0.00000242. The van der Waals surface area contributed by atoms with Crippen LogP contribution in [0.4, 0.5) is 0 Å². The Morgan fingerprint density at radius 1 is 1.41 bits per heavy atom. The summed E-state index contributed by atoms with van der Waals surface area (Å²) in [7, 11) is 3.89. The first-order valence-corrected chi connectivity index (χ1v) is 7.75. The van der Waals surface area contributed by atoms with Gasteiger partial charge in [-0.2, -0.15) is 0 Å². The van der Waals surface area contributed by atoms with E-state index in [0.29, 0.717) is 19.0 Å². The lowest BCUT2D eigenvalue weighted by Crippen LogP contribution is -2.37. The molecule has 0 aromatic heterocycles. The molecule has 1 saturated heterocycles. The Labute approximate surface area is 140 Å². The van der Waals surface area contributed by atoms with Gasteiger partial charge in [-0.25, -0.2) is 0 Å². The molecule has 1 aliphatic rings. The SMILES string of the molecule is CNCC1CCN(CC(=O)N(C)Cc2ccccc2C)C1.Cl. The van der Waals surface area contributed by atoms with E-state index >= 15 is 0 Å². The van der Waals surface area contributed by atoms with Gasteiger partial charge >= 0.3 is 0 Å². The van der Waals surface area contributed by atoms with Crippen LogP contribution >= 0.6 is 12.4 Å². The average Bonchev–Trinajstić information content (AvgIpc) is 2.89. The van der Waals surface area contributed by atoms with Gasteiger partial charge in [0.1, 0.15) is 0 Å². The zero-order chi connectivity index (χ0) is 15.2. The second kappa shape index (κ2) is 9.13. The molecule has 1 heterocycles. The molecule has 1 atom stereocenters. The topological polar surface area (TPSA) is 35.6 Å². The number of hydrogen-bond acceptors (Lipinski definition) is 3. The van der Waals surface area contributed by atoms with Crippen LogP contribution in [0.2, 0.25) is 0 Å². The van der Waals surface area contributed by atoms with E-state index in [1.165, 1.54) is 17.5 Å². The second-order valence-corrected chi connectivity index (χ2v) is 6.12. The molecule has 0 bridgehead atoms. The highest BCUT2D eigenvalue weighted by Gasteiger charge is 2.24. The second-order valence-electron chi connectivity index (χ2n) is 6.12. The van der Waals surface area contributed by atoms with E-state index in [-0.39, 0.29) is 18.3 Å². The average molecular weight is 326 g/mol. The summed E-state index contributed by atoms with van der Waals surface area (Å²) in [6, 6.07) is 8.25. The Kier molecular flexibility index (Phi) is 7.87. The number of hydrogen-bond donors (Lipinski definition) is 1. The summed E-state index contributed by atoms with van der Waals surface area (Å²) in [5.74, 6) is 0.896. The predicted molar refractivity (Wildman–Crippen MR) is 93.4 cm³/mol. The highest BCUT2D eigenvalue weighted by Crippen LogP contribution is 2.15. The van der Waals surface area contributed by atoms with Gasteiger partial charge in [-0.1, -0.05) is 24.3 Å². The lowest BCUT2D eigenvalue weighted by molar-refractivity contribution is -0.131. The largest absolute Gasteiger partial charge is 0.340 e. The number of amides is 1. The van der Waals surface area contributed by atoms with Crippen LogP contribution in [0.15, 0.2) is 24.3 Å². The number of carbonyl (C=O) groups excluding carboxylic acids is 1. The van der Waals surface area contributed by atoms with Crippen molar-refractivity contribution in [3.8, 4) is 0 Å². The van der Waals surface area contributed by atoms with Gasteiger partial charge in [-0.15, -0.1) is 12.4 Å². The number of aryl methyl sites for hydroxylation is 1. The van der Waals surface area contributed by atoms with E-state index in [1.807, 2.05) is 31.1 Å². The Morgan fingerprint density at radius 3 is 2.82 bits per heavy atom. The van der Waals surface area contributed by atoms with Crippen molar-refractivity contribution in [2.75, 3.05) is 40.3 Å². The van der Waals surface area contributed by atoms with E-state index < -0.39 is 0 Å². The molecule has 22 heavy (non-hydrogen) atoms. The summed E-state index contributed by atoms with van der Waals surface area (Å²) < 4.78 is 0. The fourth-order valence-electron chi connectivity index (χ4n) is 2.95. The van der Waals surface area contributed by atoms with Crippen LogP contribution in [0.3, 0.4) is 0 Å². The Bertz CT molecular complexity index is 481. The van der Waals surface area contributed by atoms with E-state index in [0.717, 1.165) is 19.6 Å². The number of nitrogens with zero attached hydrogens (tertiary/aromatic N) is 2. The molecule has 1 aliphatic heterocycles. The molecule has 0 aliphatic carbocycles. The first-order chi connectivity index (χ1) is 10.1. The molecule has 1 aromatic carbocycles. The van der Waals surface area contributed by atoms with Crippen LogP contribution in [0.25, 0.3) is 0 Å². The summed E-state index contributed by atoms with van der Waals surface area (Å²) >= 11 is 0. The zero-order valence-electron chi connectivity index (χ0n) is 13.8. The molecule has 0 radical (unpaired) electrons. The Morgan fingerprint density at radius 2 is 2.14 bits per heavy atom. The molecule has 1 aromatic rings. The van der Waals surface area contributed by atoms with Crippen molar-refractivity contribution in [3.05, 3.63) is 35.4 Å². The van der Waals surface area contributed by atoms with Gasteiger partial charge in [0.15, 0.2) is 0 Å². The first kappa shape index (κ1) is 18.9.